The van der Waals surface area contributed by atoms with Crippen LogP contribution in [0.5, 0.6) is 0 Å². The van der Waals surface area contributed by atoms with Gasteiger partial charge in [-0.1, -0.05) is 24.9 Å². The predicted octanol–water partition coefficient (Wildman–Crippen LogP) is 0.987. The van der Waals surface area contributed by atoms with Gasteiger partial charge < -0.3 is 11.5 Å². The lowest BCUT2D eigenvalue weighted by Gasteiger charge is -2.13. The van der Waals surface area contributed by atoms with E-state index in [1.807, 2.05) is 0 Å². The van der Waals surface area contributed by atoms with E-state index in [1.165, 1.54) is 0 Å². The highest BCUT2D eigenvalue weighted by Gasteiger charge is 2.11. The normalized spacial score (nSPS) is 12.0. The van der Waals surface area contributed by atoms with E-state index in [4.69, 9.17) is 23.1 Å². The number of rotatable bonds is 3. The first-order valence-corrected chi connectivity index (χ1v) is 3.20. The SMILES string of the molecule is CCCCC(N)(N)Cl. The Labute approximate surface area is 55.2 Å². The quantitative estimate of drug-likeness (QED) is 0.345. The van der Waals surface area contributed by atoms with Gasteiger partial charge in [0.2, 0.25) is 0 Å². The van der Waals surface area contributed by atoms with E-state index in [2.05, 4.69) is 6.92 Å². The van der Waals surface area contributed by atoms with Gasteiger partial charge >= 0.3 is 0 Å². The van der Waals surface area contributed by atoms with Crippen LogP contribution in [0.1, 0.15) is 26.2 Å². The Kier molecular flexibility index (Phi) is 3.36. The fourth-order valence-electron chi connectivity index (χ4n) is 0.448. The summed E-state index contributed by atoms with van der Waals surface area (Å²) in [6.07, 6.45) is 2.77. The first kappa shape index (κ1) is 8.21. The van der Waals surface area contributed by atoms with Crippen molar-refractivity contribution in [2.24, 2.45) is 11.5 Å². The van der Waals surface area contributed by atoms with Gasteiger partial charge in [0.25, 0.3) is 0 Å². The summed E-state index contributed by atoms with van der Waals surface area (Å²) >= 11 is 5.47. The second-order valence-corrected chi connectivity index (χ2v) is 2.73. The van der Waals surface area contributed by atoms with Gasteiger partial charge in [-0.2, -0.15) is 0 Å². The highest BCUT2D eigenvalue weighted by Crippen LogP contribution is 2.07. The number of halogens is 1. The summed E-state index contributed by atoms with van der Waals surface area (Å²) in [7, 11) is 0. The van der Waals surface area contributed by atoms with E-state index in [1.54, 1.807) is 0 Å². The largest absolute Gasteiger partial charge is 0.301 e. The van der Waals surface area contributed by atoms with Crippen molar-refractivity contribution in [1.82, 2.24) is 0 Å². The summed E-state index contributed by atoms with van der Waals surface area (Å²) in [4.78, 5) is 0. The van der Waals surface area contributed by atoms with Gasteiger partial charge in [0.15, 0.2) is 0 Å². The van der Waals surface area contributed by atoms with Gasteiger partial charge in [-0.15, -0.1) is 0 Å². The maximum atomic E-state index is 5.47. The summed E-state index contributed by atoms with van der Waals surface area (Å²) in [6, 6.07) is 0. The van der Waals surface area contributed by atoms with Crippen LogP contribution >= 0.6 is 11.6 Å². The van der Waals surface area contributed by atoms with Gasteiger partial charge in [-0.05, 0) is 12.8 Å². The molecule has 3 heteroatoms. The average Bonchev–Trinajstić information content (AvgIpc) is 1.59. The van der Waals surface area contributed by atoms with Crippen molar-refractivity contribution in [3.8, 4) is 0 Å². The Morgan fingerprint density at radius 3 is 2.12 bits per heavy atom. The van der Waals surface area contributed by atoms with E-state index >= 15 is 0 Å². The summed E-state index contributed by atoms with van der Waals surface area (Å²) in [6.45, 7) is 2.07. The third kappa shape index (κ3) is 6.21. The lowest BCUT2D eigenvalue weighted by molar-refractivity contribution is 0.539. The molecule has 8 heavy (non-hydrogen) atoms. The van der Waals surface area contributed by atoms with Crippen LogP contribution in [0.4, 0.5) is 0 Å². The van der Waals surface area contributed by atoms with Crippen LogP contribution in [0, 0.1) is 0 Å². The van der Waals surface area contributed by atoms with Crippen molar-refractivity contribution in [2.45, 2.75) is 31.3 Å². The monoisotopic (exact) mass is 136 g/mol. The number of nitrogens with two attached hydrogens (primary N) is 2. The molecule has 0 aromatic carbocycles. The number of alkyl halides is 1. The Morgan fingerprint density at radius 1 is 1.50 bits per heavy atom. The summed E-state index contributed by atoms with van der Waals surface area (Å²) < 4.78 is 0. The molecular formula is C5H13ClN2. The minimum Gasteiger partial charge on any atom is -0.301 e. The van der Waals surface area contributed by atoms with Crippen LogP contribution in [0.3, 0.4) is 0 Å². The zero-order chi connectivity index (χ0) is 6.62. The smallest absolute Gasteiger partial charge is 0.141 e. The summed E-state index contributed by atoms with van der Waals surface area (Å²) in [5.74, 6) is 0. The van der Waals surface area contributed by atoms with Crippen molar-refractivity contribution < 1.29 is 0 Å². The highest BCUT2D eigenvalue weighted by molar-refractivity contribution is 6.22. The second kappa shape index (κ2) is 3.28. The molecule has 4 N–H and O–H groups in total. The van der Waals surface area contributed by atoms with E-state index in [0.717, 1.165) is 12.8 Å². The second-order valence-electron chi connectivity index (χ2n) is 2.03. The number of unbranched alkanes of at least 4 members (excludes halogenated alkanes) is 1. The van der Waals surface area contributed by atoms with Crippen molar-refractivity contribution in [2.75, 3.05) is 0 Å². The molecule has 0 spiro atoms. The van der Waals surface area contributed by atoms with Crippen molar-refractivity contribution in [1.29, 1.82) is 0 Å². The van der Waals surface area contributed by atoms with Crippen molar-refractivity contribution in [3.05, 3.63) is 0 Å². The van der Waals surface area contributed by atoms with E-state index < -0.39 is 5.12 Å². The molecule has 0 unspecified atom stereocenters. The Hall–Kier alpha value is 0.210. The van der Waals surface area contributed by atoms with Crippen LogP contribution in [-0.2, 0) is 0 Å². The number of hydrogen-bond donors (Lipinski definition) is 2. The minimum atomic E-state index is -0.976. The third-order valence-corrected chi connectivity index (χ3v) is 1.10. The molecule has 50 valence electrons. The van der Waals surface area contributed by atoms with Gasteiger partial charge in [0.05, 0.1) is 0 Å². The van der Waals surface area contributed by atoms with Gasteiger partial charge in [-0.3, -0.25) is 0 Å². The molecule has 0 bridgehead atoms. The zero-order valence-corrected chi connectivity index (χ0v) is 5.91. The molecule has 0 aromatic heterocycles. The molecule has 0 heterocycles. The molecule has 0 radical (unpaired) electrons. The Bertz CT molecular complexity index is 57.9. The number of hydrogen-bond acceptors (Lipinski definition) is 2. The molecule has 0 aliphatic carbocycles. The third-order valence-electron chi connectivity index (χ3n) is 0.913. The first-order chi connectivity index (χ1) is 3.56. The zero-order valence-electron chi connectivity index (χ0n) is 5.15. The van der Waals surface area contributed by atoms with Crippen molar-refractivity contribution in [3.63, 3.8) is 0 Å². The highest BCUT2D eigenvalue weighted by atomic mass is 35.5. The Morgan fingerprint density at radius 2 is 2.00 bits per heavy atom. The van der Waals surface area contributed by atoms with Gasteiger partial charge in [0, 0.05) is 0 Å². The summed E-state index contributed by atoms with van der Waals surface area (Å²) in [5, 5.41) is -0.976. The first-order valence-electron chi connectivity index (χ1n) is 2.83. The van der Waals surface area contributed by atoms with Crippen molar-refractivity contribution >= 4 is 11.6 Å². The molecule has 0 fully saturated rings. The molecule has 0 atom stereocenters. The predicted molar refractivity (Wildman–Crippen MR) is 36.5 cm³/mol. The Balaban J connectivity index is 3.11. The van der Waals surface area contributed by atoms with Crippen LogP contribution in [0.25, 0.3) is 0 Å². The molecule has 2 nitrogen and oxygen atoms in total. The van der Waals surface area contributed by atoms with E-state index in [9.17, 15) is 0 Å². The molecule has 0 amide bonds. The molecule has 0 saturated carbocycles. The fourth-order valence-corrected chi connectivity index (χ4v) is 0.581. The van der Waals surface area contributed by atoms with E-state index in [0.29, 0.717) is 6.42 Å². The maximum Gasteiger partial charge on any atom is 0.141 e. The van der Waals surface area contributed by atoms with Crippen LogP contribution in [-0.4, -0.2) is 5.12 Å². The summed E-state index contributed by atoms with van der Waals surface area (Å²) in [5.41, 5.74) is 10.5. The molecular weight excluding hydrogens is 124 g/mol. The minimum absolute atomic E-state index is 0.686. The molecule has 0 aliphatic rings. The molecule has 0 aliphatic heterocycles. The molecule has 0 rings (SSSR count). The van der Waals surface area contributed by atoms with E-state index in [-0.39, 0.29) is 0 Å². The average molecular weight is 137 g/mol. The lowest BCUT2D eigenvalue weighted by atomic mass is 10.2. The van der Waals surface area contributed by atoms with Crippen LogP contribution in [0.15, 0.2) is 0 Å². The van der Waals surface area contributed by atoms with Gasteiger partial charge in [0.1, 0.15) is 5.12 Å². The maximum absolute atomic E-state index is 5.47. The molecule has 0 aromatic rings. The molecule has 0 saturated heterocycles. The standard InChI is InChI=1S/C5H13ClN2/c1-2-3-4-5(6,7)8/h2-4,7-8H2,1H3. The van der Waals surface area contributed by atoms with Gasteiger partial charge in [-0.25, -0.2) is 0 Å². The van der Waals surface area contributed by atoms with Crippen LogP contribution < -0.4 is 11.5 Å². The lowest BCUT2D eigenvalue weighted by Crippen LogP contribution is -2.42. The topological polar surface area (TPSA) is 52.0 Å². The van der Waals surface area contributed by atoms with Crippen LogP contribution in [0.2, 0.25) is 0 Å². The fraction of sp³-hybridized carbons (Fsp3) is 1.00.